The molecule has 2 aliphatic heterocycles. The van der Waals surface area contributed by atoms with Crippen LogP contribution < -0.4 is 20.9 Å². The number of alkyl halides is 1. The van der Waals surface area contributed by atoms with E-state index in [-0.39, 0.29) is 30.2 Å². The van der Waals surface area contributed by atoms with Crippen molar-refractivity contribution in [2.75, 3.05) is 42.8 Å². The molecule has 8 nitrogen and oxygen atoms in total. The van der Waals surface area contributed by atoms with Crippen LogP contribution in [-0.2, 0) is 7.05 Å². The molecule has 0 saturated carbocycles. The van der Waals surface area contributed by atoms with Gasteiger partial charge in [-0.1, -0.05) is 0 Å². The number of hydrogen-bond acceptors (Lipinski definition) is 8. The Kier molecular flexibility index (Phi) is 9.97. The predicted molar refractivity (Wildman–Crippen MR) is 153 cm³/mol. The van der Waals surface area contributed by atoms with Gasteiger partial charge in [0.1, 0.15) is 17.6 Å². The minimum Gasteiger partial charge on any atom is -0.354 e. The van der Waals surface area contributed by atoms with Gasteiger partial charge < -0.3 is 15.4 Å². The van der Waals surface area contributed by atoms with Gasteiger partial charge in [0.15, 0.2) is 5.82 Å². The average Bonchev–Trinajstić information content (AvgIpc) is 3.34. The minimum absolute atomic E-state index is 0. The van der Waals surface area contributed by atoms with Crippen molar-refractivity contribution in [3.05, 3.63) is 46.4 Å². The summed E-state index contributed by atoms with van der Waals surface area (Å²) in [6.45, 7) is 3.63. The molecule has 1 aromatic carbocycles. The molecule has 3 aromatic rings. The number of pyridine rings is 1. The lowest BCUT2D eigenvalue weighted by atomic mass is 9.93. The van der Waals surface area contributed by atoms with Crippen molar-refractivity contribution in [1.82, 2.24) is 24.2 Å². The van der Waals surface area contributed by atoms with Gasteiger partial charge in [-0.3, -0.25) is 9.36 Å². The lowest BCUT2D eigenvalue weighted by Gasteiger charge is -2.22. The molecule has 212 valence electrons. The highest BCUT2D eigenvalue weighted by Crippen LogP contribution is 2.32. The Labute approximate surface area is 235 Å². The van der Waals surface area contributed by atoms with Crippen molar-refractivity contribution in [3.8, 4) is 11.1 Å². The van der Waals surface area contributed by atoms with Crippen LogP contribution in [0.4, 0.5) is 24.8 Å². The fraction of sp³-hybridized carbons (Fsp3) is 0.500. The van der Waals surface area contributed by atoms with E-state index in [0.29, 0.717) is 29.9 Å². The summed E-state index contributed by atoms with van der Waals surface area (Å²) in [5.74, 6) is -0.598. The highest BCUT2D eigenvalue weighted by Gasteiger charge is 2.24. The third kappa shape index (κ3) is 6.79. The maximum atomic E-state index is 15.5. The van der Waals surface area contributed by atoms with Gasteiger partial charge in [0.05, 0.1) is 16.8 Å². The van der Waals surface area contributed by atoms with Gasteiger partial charge in [0.2, 0.25) is 5.95 Å². The maximum Gasteiger partial charge on any atom is 0.260 e. The molecule has 5 rings (SSSR count). The zero-order valence-electron chi connectivity index (χ0n) is 21.7. The Bertz CT molecular complexity index is 1360. The molecule has 0 unspecified atom stereocenters. The van der Waals surface area contributed by atoms with Gasteiger partial charge >= 0.3 is 0 Å². The van der Waals surface area contributed by atoms with Crippen molar-refractivity contribution in [3.63, 3.8) is 0 Å². The number of piperidine rings is 1. The van der Waals surface area contributed by atoms with Crippen LogP contribution in [0.15, 0.2) is 29.2 Å². The number of nitrogens with one attached hydrogen (secondary N) is 3. The molecule has 3 N–H and O–H groups in total. The fourth-order valence-electron chi connectivity index (χ4n) is 5.03. The van der Waals surface area contributed by atoms with E-state index in [1.54, 1.807) is 10.5 Å². The third-order valence-corrected chi connectivity index (χ3v) is 8.12. The Hall–Kier alpha value is -2.54. The van der Waals surface area contributed by atoms with Crippen LogP contribution in [0.2, 0.25) is 0 Å². The molecule has 1 atom stereocenters. The summed E-state index contributed by atoms with van der Waals surface area (Å²) in [6, 6.07) is 3.80. The van der Waals surface area contributed by atoms with E-state index in [1.807, 2.05) is 0 Å². The van der Waals surface area contributed by atoms with Crippen molar-refractivity contribution in [2.24, 2.45) is 13.0 Å². The molecule has 4 heterocycles. The Morgan fingerprint density at radius 1 is 1.21 bits per heavy atom. The van der Waals surface area contributed by atoms with Gasteiger partial charge in [-0.2, -0.15) is 4.98 Å². The highest BCUT2D eigenvalue weighted by atomic mass is 35.5. The summed E-state index contributed by atoms with van der Waals surface area (Å²) in [5.41, 5.74) is -0.746. The van der Waals surface area contributed by atoms with E-state index in [2.05, 4.69) is 25.3 Å². The molecule has 0 aliphatic carbocycles. The number of aromatic nitrogens is 3. The number of benzene rings is 1. The molecule has 2 aromatic heterocycles. The monoisotopic (exact) mass is 583 g/mol. The van der Waals surface area contributed by atoms with E-state index in [4.69, 9.17) is 0 Å². The number of nitrogens with zero attached hydrogens (tertiary/aromatic N) is 4. The summed E-state index contributed by atoms with van der Waals surface area (Å²) in [4.78, 5) is 22.1. The lowest BCUT2D eigenvalue weighted by Crippen LogP contribution is -2.27. The molecule has 2 fully saturated rings. The molecule has 0 bridgehead atoms. The first kappa shape index (κ1) is 29.4. The van der Waals surface area contributed by atoms with Crippen molar-refractivity contribution in [1.29, 1.82) is 0 Å². The number of halogens is 4. The molecular formula is C26H33ClF3N7OS. The van der Waals surface area contributed by atoms with E-state index < -0.39 is 28.9 Å². The molecule has 0 amide bonds. The van der Waals surface area contributed by atoms with Crippen LogP contribution in [0.25, 0.3) is 22.2 Å². The van der Waals surface area contributed by atoms with Crippen LogP contribution in [0.1, 0.15) is 32.1 Å². The maximum absolute atomic E-state index is 15.5. The second-order valence-electron chi connectivity index (χ2n) is 9.91. The van der Waals surface area contributed by atoms with E-state index in [9.17, 15) is 13.6 Å². The summed E-state index contributed by atoms with van der Waals surface area (Å²) in [7, 11) is 1.52. The zero-order valence-corrected chi connectivity index (χ0v) is 23.3. The molecule has 0 radical (unpaired) electrons. The van der Waals surface area contributed by atoms with Gasteiger partial charge in [0, 0.05) is 50.4 Å². The Balaban J connectivity index is 0.00000353. The average molecular weight is 584 g/mol. The molecule has 2 aliphatic rings. The predicted octanol–water partition coefficient (Wildman–Crippen LogP) is 4.91. The topological polar surface area (TPSA) is 87.1 Å². The SMILES string of the molecule is Cl.Cn1c(=O)c(-c2c(F)ccc(NSN3CC[C@@H](F)C3)c2F)cc2cnc(NCCCC3CCNCC3)nc21. The van der Waals surface area contributed by atoms with Crippen LogP contribution >= 0.6 is 24.5 Å². The minimum atomic E-state index is -0.921. The standard InChI is InChI=1S/C26H32F3N7OS.ClH/c1-35-24-17(14-32-26(33-24)31-9-2-3-16-6-10-30-11-7-16)13-19(25(35)37)22-20(28)4-5-21(23(22)29)34-38-36-12-8-18(27)15-36;/h4-5,13-14,16,18,30,34H,2-3,6-12,15H2,1H3,(H,31,32,33);1H/t18-;/m1./s1. The third-order valence-electron chi connectivity index (χ3n) is 7.22. The fourth-order valence-corrected chi connectivity index (χ4v) is 5.85. The number of anilines is 2. The van der Waals surface area contributed by atoms with Gasteiger partial charge in [-0.05, 0) is 69.3 Å². The van der Waals surface area contributed by atoms with Crippen molar-refractivity contribution in [2.45, 2.75) is 38.3 Å². The van der Waals surface area contributed by atoms with Crippen molar-refractivity contribution >= 4 is 47.2 Å². The number of hydrogen-bond donors (Lipinski definition) is 3. The summed E-state index contributed by atoms with van der Waals surface area (Å²) >= 11 is 1.06. The second kappa shape index (κ2) is 13.2. The van der Waals surface area contributed by atoms with Gasteiger partial charge in [0.25, 0.3) is 5.56 Å². The smallest absolute Gasteiger partial charge is 0.260 e. The first-order valence-electron chi connectivity index (χ1n) is 13.0. The zero-order chi connectivity index (χ0) is 26.6. The Morgan fingerprint density at radius 2 is 2.00 bits per heavy atom. The van der Waals surface area contributed by atoms with Crippen LogP contribution in [-0.4, -0.2) is 57.7 Å². The second-order valence-corrected chi connectivity index (χ2v) is 10.8. The molecule has 13 heteroatoms. The Morgan fingerprint density at radius 3 is 2.74 bits per heavy atom. The van der Waals surface area contributed by atoms with Crippen LogP contribution in [0.5, 0.6) is 0 Å². The van der Waals surface area contributed by atoms with Crippen molar-refractivity contribution < 1.29 is 13.2 Å². The summed E-state index contributed by atoms with van der Waals surface area (Å²) in [5, 5.41) is 7.09. The molecule has 39 heavy (non-hydrogen) atoms. The van der Waals surface area contributed by atoms with Crippen LogP contribution in [0.3, 0.4) is 0 Å². The first-order valence-corrected chi connectivity index (χ1v) is 13.8. The van der Waals surface area contributed by atoms with Gasteiger partial charge in [-0.25, -0.2) is 22.5 Å². The van der Waals surface area contributed by atoms with Gasteiger partial charge in [-0.15, -0.1) is 12.4 Å². The van der Waals surface area contributed by atoms with E-state index >= 15 is 4.39 Å². The molecular weight excluding hydrogens is 551 g/mol. The summed E-state index contributed by atoms with van der Waals surface area (Å²) < 4.78 is 49.6. The number of fused-ring (bicyclic) bond motifs is 1. The quantitative estimate of drug-likeness (QED) is 0.242. The van der Waals surface area contributed by atoms with E-state index in [0.717, 1.165) is 56.6 Å². The number of rotatable bonds is 9. The number of aryl methyl sites for hydroxylation is 1. The lowest BCUT2D eigenvalue weighted by molar-refractivity contribution is 0.349. The van der Waals surface area contributed by atoms with Crippen LogP contribution in [0, 0.1) is 17.6 Å². The van der Waals surface area contributed by atoms with E-state index in [1.165, 1.54) is 36.6 Å². The normalized spacial score (nSPS) is 18.3. The molecule has 0 spiro atoms. The molecule has 2 saturated heterocycles. The summed E-state index contributed by atoms with van der Waals surface area (Å²) in [6.07, 6.45) is 5.59. The first-order chi connectivity index (χ1) is 18.4. The highest BCUT2D eigenvalue weighted by molar-refractivity contribution is 7.98. The largest absolute Gasteiger partial charge is 0.354 e.